The molecule has 0 bridgehead atoms. The van der Waals surface area contributed by atoms with E-state index < -0.39 is 18.2 Å². The van der Waals surface area contributed by atoms with Crippen molar-refractivity contribution in [3.63, 3.8) is 0 Å². The van der Waals surface area contributed by atoms with Crippen LogP contribution in [0.3, 0.4) is 0 Å². The number of nitrogens with zero attached hydrogens (tertiary/aromatic N) is 3. The standard InChI is InChI=1S/C25H32N4O4/c1-16-21(10-11-26-16)19-8-6-18(7-9-19)14-27-24(32)23-13-20(31)15-29(23)25(33)22-5-3-4-12-28(22)17(2)30/h6-9,11,20,22-23,31H,3-5,10,12-15H2,1-2H3,(H,27,32)/t20-,22+,23+/m1/s1. The predicted molar refractivity (Wildman–Crippen MR) is 125 cm³/mol. The molecule has 33 heavy (non-hydrogen) atoms. The van der Waals surface area contributed by atoms with Crippen molar-refractivity contribution in [3.8, 4) is 0 Å². The fraction of sp³-hybridized carbons (Fsp3) is 0.520. The first-order valence-electron chi connectivity index (χ1n) is 11.7. The van der Waals surface area contributed by atoms with Gasteiger partial charge < -0.3 is 20.2 Å². The molecule has 3 amide bonds. The molecule has 3 aliphatic rings. The molecule has 0 unspecified atom stereocenters. The van der Waals surface area contributed by atoms with E-state index in [1.54, 1.807) is 4.90 Å². The highest BCUT2D eigenvalue weighted by atomic mass is 16.3. The summed E-state index contributed by atoms with van der Waals surface area (Å²) in [7, 11) is 0. The van der Waals surface area contributed by atoms with Gasteiger partial charge in [-0.05, 0) is 42.9 Å². The molecule has 176 valence electrons. The number of carbonyl (C=O) groups excluding carboxylic acids is 3. The topological polar surface area (TPSA) is 102 Å². The van der Waals surface area contributed by atoms with Gasteiger partial charge in [0.15, 0.2) is 0 Å². The van der Waals surface area contributed by atoms with Crippen LogP contribution in [0.4, 0.5) is 0 Å². The third-order valence-corrected chi connectivity index (χ3v) is 6.84. The van der Waals surface area contributed by atoms with Crippen LogP contribution in [-0.2, 0) is 20.9 Å². The van der Waals surface area contributed by atoms with E-state index in [9.17, 15) is 19.5 Å². The monoisotopic (exact) mass is 452 g/mol. The van der Waals surface area contributed by atoms with Gasteiger partial charge in [0.25, 0.3) is 0 Å². The van der Waals surface area contributed by atoms with E-state index in [0.717, 1.165) is 36.1 Å². The van der Waals surface area contributed by atoms with Gasteiger partial charge in [0.2, 0.25) is 17.7 Å². The maximum Gasteiger partial charge on any atom is 0.246 e. The SMILES string of the molecule is CC(=O)N1CCCC[C@H]1C(=O)N1C[C@H](O)C[C@H]1C(=O)NCc1ccc(C2=C(C)N=CC2)cc1. The minimum absolute atomic E-state index is 0.115. The molecule has 3 heterocycles. The molecule has 8 heteroatoms. The zero-order valence-corrected chi connectivity index (χ0v) is 19.3. The van der Waals surface area contributed by atoms with E-state index >= 15 is 0 Å². The average molecular weight is 453 g/mol. The first-order valence-corrected chi connectivity index (χ1v) is 11.7. The number of β-amino-alcohol motifs (C(OH)–C–C–N with tert-alkyl or cyclic N) is 1. The minimum atomic E-state index is -0.747. The Morgan fingerprint density at radius 2 is 1.88 bits per heavy atom. The van der Waals surface area contributed by atoms with Crippen LogP contribution in [-0.4, -0.2) is 70.1 Å². The predicted octanol–water partition coefficient (Wildman–Crippen LogP) is 1.87. The highest BCUT2D eigenvalue weighted by molar-refractivity contribution is 5.92. The van der Waals surface area contributed by atoms with E-state index in [1.807, 2.05) is 37.4 Å². The van der Waals surface area contributed by atoms with Gasteiger partial charge in [-0.1, -0.05) is 24.3 Å². The van der Waals surface area contributed by atoms with E-state index in [2.05, 4.69) is 10.3 Å². The van der Waals surface area contributed by atoms with Gasteiger partial charge in [0.1, 0.15) is 12.1 Å². The number of amides is 3. The number of carbonyl (C=O) groups is 3. The summed E-state index contributed by atoms with van der Waals surface area (Å²) < 4.78 is 0. The summed E-state index contributed by atoms with van der Waals surface area (Å²) in [4.78, 5) is 45.6. The third-order valence-electron chi connectivity index (χ3n) is 6.84. The first kappa shape index (κ1) is 23.2. The van der Waals surface area contributed by atoms with Crippen molar-refractivity contribution in [2.45, 2.75) is 70.7 Å². The fourth-order valence-electron chi connectivity index (χ4n) is 5.02. The molecule has 0 aliphatic carbocycles. The summed E-state index contributed by atoms with van der Waals surface area (Å²) in [5.41, 5.74) is 4.32. The number of rotatable bonds is 5. The summed E-state index contributed by atoms with van der Waals surface area (Å²) in [6, 6.07) is 6.74. The van der Waals surface area contributed by atoms with Crippen molar-refractivity contribution in [1.82, 2.24) is 15.1 Å². The Balaban J connectivity index is 1.39. The van der Waals surface area contributed by atoms with Crippen molar-refractivity contribution in [3.05, 3.63) is 41.1 Å². The second-order valence-electron chi connectivity index (χ2n) is 9.11. The van der Waals surface area contributed by atoms with Gasteiger partial charge >= 0.3 is 0 Å². The normalized spacial score (nSPS) is 25.0. The van der Waals surface area contributed by atoms with E-state index in [1.165, 1.54) is 17.4 Å². The molecule has 0 saturated carbocycles. The Morgan fingerprint density at radius 3 is 2.55 bits per heavy atom. The number of benzene rings is 1. The number of hydrogen-bond donors (Lipinski definition) is 2. The fourth-order valence-corrected chi connectivity index (χ4v) is 5.02. The molecular formula is C25H32N4O4. The van der Waals surface area contributed by atoms with Crippen molar-refractivity contribution < 1.29 is 19.5 Å². The number of likely N-dealkylation sites (tertiary alicyclic amines) is 2. The number of aliphatic hydroxyl groups is 1. The van der Waals surface area contributed by atoms with Crippen molar-refractivity contribution in [1.29, 1.82) is 0 Å². The smallest absolute Gasteiger partial charge is 0.246 e. The van der Waals surface area contributed by atoms with Gasteiger partial charge in [0.05, 0.1) is 6.10 Å². The van der Waals surface area contributed by atoms with Gasteiger partial charge in [-0.25, -0.2) is 0 Å². The Morgan fingerprint density at radius 1 is 1.12 bits per heavy atom. The van der Waals surface area contributed by atoms with Gasteiger partial charge in [-0.3, -0.25) is 19.4 Å². The lowest BCUT2D eigenvalue weighted by molar-refractivity contribution is -0.149. The van der Waals surface area contributed by atoms with Crippen LogP contribution in [0.5, 0.6) is 0 Å². The minimum Gasteiger partial charge on any atom is -0.391 e. The van der Waals surface area contributed by atoms with Crippen LogP contribution in [0, 0.1) is 0 Å². The third kappa shape index (κ3) is 5.00. The molecule has 4 rings (SSSR count). The van der Waals surface area contributed by atoms with Crippen molar-refractivity contribution in [2.24, 2.45) is 4.99 Å². The van der Waals surface area contributed by atoms with Crippen LogP contribution in [0.1, 0.15) is 57.1 Å². The summed E-state index contributed by atoms with van der Waals surface area (Å²) in [5, 5.41) is 13.1. The van der Waals surface area contributed by atoms with Gasteiger partial charge in [0, 0.05) is 51.3 Å². The lowest BCUT2D eigenvalue weighted by Crippen LogP contribution is -2.55. The number of aliphatic hydroxyl groups excluding tert-OH is 1. The zero-order chi connectivity index (χ0) is 23.5. The maximum atomic E-state index is 13.3. The summed E-state index contributed by atoms with van der Waals surface area (Å²) in [6.07, 6.45) is 4.53. The zero-order valence-electron chi connectivity index (χ0n) is 19.3. The molecule has 0 aromatic heterocycles. The number of nitrogens with one attached hydrogen (secondary N) is 1. The Kier molecular flexibility index (Phi) is 6.93. The Labute approximate surface area is 194 Å². The number of allylic oxidation sites excluding steroid dienone is 2. The molecule has 2 saturated heterocycles. The molecule has 2 N–H and O–H groups in total. The lowest BCUT2D eigenvalue weighted by Gasteiger charge is -2.37. The second kappa shape index (κ2) is 9.87. The summed E-state index contributed by atoms with van der Waals surface area (Å²) >= 11 is 0. The van der Waals surface area contributed by atoms with E-state index in [4.69, 9.17) is 0 Å². The highest BCUT2D eigenvalue weighted by Crippen LogP contribution is 2.27. The lowest BCUT2D eigenvalue weighted by atomic mass is 10.00. The van der Waals surface area contributed by atoms with Gasteiger partial charge in [-0.15, -0.1) is 0 Å². The molecule has 2 fully saturated rings. The number of aliphatic imine (C=N–C) groups is 1. The largest absolute Gasteiger partial charge is 0.391 e. The van der Waals surface area contributed by atoms with E-state index in [0.29, 0.717) is 19.5 Å². The highest BCUT2D eigenvalue weighted by Gasteiger charge is 2.43. The van der Waals surface area contributed by atoms with Gasteiger partial charge in [-0.2, -0.15) is 0 Å². The van der Waals surface area contributed by atoms with E-state index in [-0.39, 0.29) is 30.7 Å². The van der Waals surface area contributed by atoms with Crippen molar-refractivity contribution >= 4 is 29.5 Å². The quantitative estimate of drug-likeness (QED) is 0.712. The molecule has 0 spiro atoms. The van der Waals surface area contributed by atoms with Crippen LogP contribution < -0.4 is 5.32 Å². The number of piperidine rings is 1. The number of hydrogen-bond acceptors (Lipinski definition) is 5. The molecule has 1 aromatic rings. The van der Waals surface area contributed by atoms with Crippen LogP contribution in [0.25, 0.3) is 5.57 Å². The molecule has 8 nitrogen and oxygen atoms in total. The maximum absolute atomic E-state index is 13.3. The van der Waals surface area contributed by atoms with Crippen LogP contribution in [0.15, 0.2) is 35.0 Å². The summed E-state index contributed by atoms with van der Waals surface area (Å²) in [5.74, 6) is -0.655. The van der Waals surface area contributed by atoms with Crippen molar-refractivity contribution in [2.75, 3.05) is 13.1 Å². The van der Waals surface area contributed by atoms with Crippen LogP contribution >= 0.6 is 0 Å². The molecule has 0 radical (unpaired) electrons. The molecular weight excluding hydrogens is 420 g/mol. The average Bonchev–Trinajstić information content (AvgIpc) is 3.42. The van der Waals surface area contributed by atoms with Crippen LogP contribution in [0.2, 0.25) is 0 Å². The summed E-state index contributed by atoms with van der Waals surface area (Å²) in [6.45, 7) is 4.48. The molecule has 1 aromatic carbocycles. The Hall–Kier alpha value is -3.00. The molecule has 3 atom stereocenters. The first-order chi connectivity index (χ1) is 15.8. The second-order valence-corrected chi connectivity index (χ2v) is 9.11. The molecule has 3 aliphatic heterocycles. The Bertz CT molecular complexity index is 985.